The van der Waals surface area contributed by atoms with Crippen LogP contribution in [0.25, 0.3) is 0 Å². The van der Waals surface area contributed by atoms with Crippen molar-refractivity contribution >= 4 is 29.0 Å². The summed E-state index contributed by atoms with van der Waals surface area (Å²) in [7, 11) is 0. The number of carbonyl (C=O) groups excluding carboxylic acids is 1. The van der Waals surface area contributed by atoms with Crippen LogP contribution in [0.15, 0.2) is 24.3 Å². The lowest BCUT2D eigenvalue weighted by Gasteiger charge is -2.29. The van der Waals surface area contributed by atoms with Crippen LogP contribution in [0, 0.1) is 5.92 Å². The van der Waals surface area contributed by atoms with Gasteiger partial charge < -0.3 is 15.8 Å². The van der Waals surface area contributed by atoms with Crippen molar-refractivity contribution in [2.45, 2.75) is 33.1 Å². The molecule has 3 N–H and O–H groups in total. The summed E-state index contributed by atoms with van der Waals surface area (Å²) in [4.78, 5) is 22.7. The molecule has 1 fully saturated rings. The number of primary amides is 1. The molecule has 2 aromatic rings. The topological polar surface area (TPSA) is 93.4 Å². The van der Waals surface area contributed by atoms with Gasteiger partial charge in [0.25, 0.3) is 5.91 Å². The predicted octanol–water partition coefficient (Wildman–Crippen LogP) is 3.65. The van der Waals surface area contributed by atoms with Crippen LogP contribution in [-0.4, -0.2) is 47.0 Å². The molecule has 8 heteroatoms. The molecule has 1 saturated heterocycles. The zero-order chi connectivity index (χ0) is 20.8. The van der Waals surface area contributed by atoms with Crippen molar-refractivity contribution in [2.75, 3.05) is 31.6 Å². The van der Waals surface area contributed by atoms with Crippen molar-refractivity contribution in [3.63, 3.8) is 0 Å². The number of hydrogen-bond donors (Lipinski definition) is 2. The third-order valence-electron chi connectivity index (χ3n) is 5.14. The Hall–Kier alpha value is -2.38. The summed E-state index contributed by atoms with van der Waals surface area (Å²) < 4.78 is 5.92. The number of ether oxygens (including phenoxy) is 1. The molecule has 0 spiro atoms. The molecule has 0 bridgehead atoms. The van der Waals surface area contributed by atoms with Gasteiger partial charge in [-0.1, -0.05) is 31.5 Å². The number of nitrogens with one attached hydrogen (secondary N) is 1. The van der Waals surface area contributed by atoms with Crippen molar-refractivity contribution < 1.29 is 9.53 Å². The van der Waals surface area contributed by atoms with Crippen LogP contribution in [0.3, 0.4) is 0 Å². The van der Waals surface area contributed by atoms with Gasteiger partial charge in [0.05, 0.1) is 5.69 Å². The van der Waals surface area contributed by atoms with Crippen LogP contribution in [0.5, 0.6) is 5.75 Å². The zero-order valence-corrected chi connectivity index (χ0v) is 17.7. The number of hydrogen-bond acceptors (Lipinski definition) is 6. The molecule has 0 aliphatic carbocycles. The third kappa shape index (κ3) is 5.81. The van der Waals surface area contributed by atoms with Crippen LogP contribution in [0.4, 0.5) is 11.5 Å². The SMILES string of the molecule is CCc1nc(C(N)=O)c(Nc2cccc(OCCN3CCC(C)CC3)c2)nc1Cl. The number of anilines is 2. The molecule has 1 aromatic heterocycles. The molecule has 1 amide bonds. The standard InChI is InChI=1S/C21H28ClN5O2/c1-3-17-19(22)26-21(18(25-17)20(23)28)24-15-5-4-6-16(13-15)29-12-11-27-9-7-14(2)8-10-27/h4-6,13-14H,3,7-12H2,1-2H3,(H2,23,28)(H,24,26). The fourth-order valence-corrected chi connectivity index (χ4v) is 3.57. The lowest BCUT2D eigenvalue weighted by atomic mass is 9.99. The number of amides is 1. The smallest absolute Gasteiger partial charge is 0.271 e. The maximum atomic E-state index is 11.8. The number of carbonyl (C=O) groups is 1. The van der Waals surface area contributed by atoms with E-state index in [9.17, 15) is 4.79 Å². The second-order valence-electron chi connectivity index (χ2n) is 7.40. The highest BCUT2D eigenvalue weighted by molar-refractivity contribution is 6.30. The first-order valence-electron chi connectivity index (χ1n) is 10.0. The first-order chi connectivity index (χ1) is 14.0. The van der Waals surface area contributed by atoms with Crippen molar-refractivity contribution in [3.05, 3.63) is 40.8 Å². The van der Waals surface area contributed by atoms with Crippen LogP contribution in [0.2, 0.25) is 5.15 Å². The first-order valence-corrected chi connectivity index (χ1v) is 10.4. The van der Waals surface area contributed by atoms with Crippen LogP contribution in [0.1, 0.15) is 42.9 Å². The highest BCUT2D eigenvalue weighted by atomic mass is 35.5. The molecular weight excluding hydrogens is 390 g/mol. The van der Waals surface area contributed by atoms with E-state index in [2.05, 4.69) is 27.1 Å². The monoisotopic (exact) mass is 417 g/mol. The summed E-state index contributed by atoms with van der Waals surface area (Å²) in [5.74, 6) is 1.14. The Kier molecular flexibility index (Phi) is 7.28. The third-order valence-corrected chi connectivity index (χ3v) is 5.44. The summed E-state index contributed by atoms with van der Waals surface area (Å²) >= 11 is 6.16. The number of aromatic nitrogens is 2. The number of nitrogens with two attached hydrogens (primary N) is 1. The largest absolute Gasteiger partial charge is 0.492 e. The van der Waals surface area contributed by atoms with E-state index in [-0.39, 0.29) is 16.7 Å². The second kappa shape index (κ2) is 9.89. The van der Waals surface area contributed by atoms with Crippen LogP contribution < -0.4 is 15.8 Å². The summed E-state index contributed by atoms with van der Waals surface area (Å²) in [6, 6.07) is 7.48. The van der Waals surface area contributed by atoms with Gasteiger partial charge >= 0.3 is 0 Å². The Morgan fingerprint density at radius 3 is 2.79 bits per heavy atom. The quantitative estimate of drug-likeness (QED) is 0.681. The van der Waals surface area contributed by atoms with E-state index in [0.717, 1.165) is 31.3 Å². The molecule has 3 rings (SSSR count). The zero-order valence-electron chi connectivity index (χ0n) is 16.9. The molecule has 156 valence electrons. The Labute approximate surface area is 176 Å². The van der Waals surface area contributed by atoms with Gasteiger partial charge in [-0.2, -0.15) is 0 Å². The van der Waals surface area contributed by atoms with Crippen molar-refractivity contribution in [3.8, 4) is 5.75 Å². The van der Waals surface area contributed by atoms with E-state index in [1.165, 1.54) is 12.8 Å². The van der Waals surface area contributed by atoms with E-state index >= 15 is 0 Å². The number of piperidine rings is 1. The minimum Gasteiger partial charge on any atom is -0.492 e. The normalized spacial score (nSPS) is 15.3. The predicted molar refractivity (Wildman–Crippen MR) is 115 cm³/mol. The molecular formula is C21H28ClN5O2. The Morgan fingerprint density at radius 2 is 2.10 bits per heavy atom. The van der Waals surface area contributed by atoms with Crippen molar-refractivity contribution in [2.24, 2.45) is 11.7 Å². The van der Waals surface area contributed by atoms with Gasteiger partial charge in [-0.15, -0.1) is 0 Å². The maximum absolute atomic E-state index is 11.8. The highest BCUT2D eigenvalue weighted by Crippen LogP contribution is 2.25. The fraction of sp³-hybridized carbons (Fsp3) is 0.476. The van der Waals surface area contributed by atoms with Gasteiger partial charge in [0, 0.05) is 18.3 Å². The number of nitrogens with zero attached hydrogens (tertiary/aromatic N) is 3. The number of likely N-dealkylation sites (tertiary alicyclic amines) is 1. The molecule has 2 heterocycles. The van der Waals surface area contributed by atoms with E-state index in [1.54, 1.807) is 0 Å². The Morgan fingerprint density at radius 1 is 1.34 bits per heavy atom. The van der Waals surface area contributed by atoms with Gasteiger partial charge in [-0.25, -0.2) is 9.97 Å². The summed E-state index contributed by atoms with van der Waals surface area (Å²) in [5.41, 5.74) is 6.78. The molecule has 1 aliphatic rings. The van der Waals surface area contributed by atoms with Gasteiger partial charge in [0.2, 0.25) is 0 Å². The number of rotatable bonds is 8. The van der Waals surface area contributed by atoms with Crippen molar-refractivity contribution in [1.29, 1.82) is 0 Å². The van der Waals surface area contributed by atoms with Gasteiger partial charge in [-0.05, 0) is 50.4 Å². The summed E-state index contributed by atoms with van der Waals surface area (Å²) in [5, 5.41) is 3.33. The molecule has 0 saturated carbocycles. The fourth-order valence-electron chi connectivity index (χ4n) is 3.31. The molecule has 29 heavy (non-hydrogen) atoms. The Bertz CT molecular complexity index is 853. The molecule has 7 nitrogen and oxygen atoms in total. The number of benzene rings is 1. The molecule has 1 aliphatic heterocycles. The second-order valence-corrected chi connectivity index (χ2v) is 7.76. The molecule has 0 unspecified atom stereocenters. The van der Waals surface area contributed by atoms with Gasteiger partial charge in [0.1, 0.15) is 12.4 Å². The van der Waals surface area contributed by atoms with Crippen molar-refractivity contribution in [1.82, 2.24) is 14.9 Å². The van der Waals surface area contributed by atoms with Crippen LogP contribution >= 0.6 is 11.6 Å². The van der Waals surface area contributed by atoms with E-state index in [4.69, 9.17) is 22.1 Å². The summed E-state index contributed by atoms with van der Waals surface area (Å²) in [6.45, 7) is 8.00. The molecule has 0 radical (unpaired) electrons. The minimum atomic E-state index is -0.658. The number of aryl methyl sites for hydroxylation is 1. The average Bonchev–Trinajstić information content (AvgIpc) is 2.70. The van der Waals surface area contributed by atoms with E-state index < -0.39 is 5.91 Å². The lowest BCUT2D eigenvalue weighted by Crippen LogP contribution is -2.35. The van der Waals surface area contributed by atoms with Crippen LogP contribution in [-0.2, 0) is 6.42 Å². The van der Waals surface area contributed by atoms with Gasteiger partial charge in [0.15, 0.2) is 16.7 Å². The van der Waals surface area contributed by atoms with E-state index in [0.29, 0.717) is 24.4 Å². The minimum absolute atomic E-state index is 0.0666. The summed E-state index contributed by atoms with van der Waals surface area (Å²) in [6.07, 6.45) is 3.07. The Balaban J connectivity index is 1.64. The lowest BCUT2D eigenvalue weighted by molar-refractivity contribution is 0.0996. The van der Waals surface area contributed by atoms with Gasteiger partial charge in [-0.3, -0.25) is 9.69 Å². The van der Waals surface area contributed by atoms with E-state index in [1.807, 2.05) is 31.2 Å². The highest BCUT2D eigenvalue weighted by Gasteiger charge is 2.17. The molecule has 1 aromatic carbocycles. The first kappa shape index (κ1) is 21.3. The maximum Gasteiger partial charge on any atom is 0.271 e. The average molecular weight is 418 g/mol. The molecule has 0 atom stereocenters. The number of halogens is 1.